The van der Waals surface area contributed by atoms with Crippen molar-refractivity contribution >= 4 is 0 Å². The summed E-state index contributed by atoms with van der Waals surface area (Å²) in [7, 11) is 0. The third-order valence-electron chi connectivity index (χ3n) is 2.59. The van der Waals surface area contributed by atoms with E-state index in [1.807, 2.05) is 13.8 Å². The predicted octanol–water partition coefficient (Wildman–Crippen LogP) is 3.01. The number of hydrogen-bond acceptors (Lipinski definition) is 1. The summed E-state index contributed by atoms with van der Waals surface area (Å²) in [5, 5.41) is 0. The van der Waals surface area contributed by atoms with Crippen molar-refractivity contribution in [3.05, 3.63) is 35.4 Å². The van der Waals surface area contributed by atoms with Crippen molar-refractivity contribution < 1.29 is 8.78 Å². The highest BCUT2D eigenvalue weighted by molar-refractivity contribution is 5.21. The van der Waals surface area contributed by atoms with Crippen molar-refractivity contribution in [1.82, 2.24) is 0 Å². The molecule has 14 heavy (non-hydrogen) atoms. The lowest BCUT2D eigenvalue weighted by Crippen LogP contribution is -2.18. The maximum atomic E-state index is 12.9. The van der Waals surface area contributed by atoms with Crippen LogP contribution in [0.5, 0.6) is 0 Å². The molecule has 0 aliphatic rings. The molecule has 0 aliphatic heterocycles. The first-order valence-corrected chi connectivity index (χ1v) is 4.76. The molecule has 1 rings (SSSR count). The monoisotopic (exact) mass is 199 g/mol. The molecule has 0 amide bonds. The van der Waals surface area contributed by atoms with Gasteiger partial charge in [-0.25, -0.2) is 8.78 Å². The Kier molecular flexibility index (Phi) is 3.58. The quantitative estimate of drug-likeness (QED) is 0.795. The standard InChI is InChI=1S/C11H15F2N/c1-3-7(2)11(14)8-4-5-9(12)10(13)6-8/h4-7,11H,3,14H2,1-2H3. The van der Waals surface area contributed by atoms with E-state index in [2.05, 4.69) is 0 Å². The van der Waals surface area contributed by atoms with Gasteiger partial charge in [0.1, 0.15) is 0 Å². The maximum Gasteiger partial charge on any atom is 0.159 e. The fraction of sp³-hybridized carbons (Fsp3) is 0.455. The summed E-state index contributed by atoms with van der Waals surface area (Å²) in [4.78, 5) is 0. The highest BCUT2D eigenvalue weighted by Gasteiger charge is 2.14. The van der Waals surface area contributed by atoms with E-state index in [1.54, 1.807) is 0 Å². The van der Waals surface area contributed by atoms with E-state index in [4.69, 9.17) is 5.73 Å². The number of benzene rings is 1. The van der Waals surface area contributed by atoms with E-state index in [-0.39, 0.29) is 12.0 Å². The van der Waals surface area contributed by atoms with Crippen LogP contribution in [0, 0.1) is 17.6 Å². The van der Waals surface area contributed by atoms with Crippen LogP contribution in [0.4, 0.5) is 8.78 Å². The molecule has 0 saturated carbocycles. The summed E-state index contributed by atoms with van der Waals surface area (Å²) in [5.41, 5.74) is 6.53. The molecule has 3 heteroatoms. The van der Waals surface area contributed by atoms with Crippen LogP contribution in [0.25, 0.3) is 0 Å². The first kappa shape index (κ1) is 11.1. The van der Waals surface area contributed by atoms with E-state index >= 15 is 0 Å². The summed E-state index contributed by atoms with van der Waals surface area (Å²) in [5.74, 6) is -1.40. The normalized spacial score (nSPS) is 15.2. The van der Waals surface area contributed by atoms with Crippen LogP contribution in [0.3, 0.4) is 0 Å². The molecule has 1 aromatic rings. The second kappa shape index (κ2) is 4.51. The first-order chi connectivity index (χ1) is 6.56. The summed E-state index contributed by atoms with van der Waals surface area (Å²) in [6.45, 7) is 4.01. The lowest BCUT2D eigenvalue weighted by atomic mass is 9.93. The molecule has 1 aromatic carbocycles. The van der Waals surface area contributed by atoms with Gasteiger partial charge in [-0.2, -0.15) is 0 Å². The van der Waals surface area contributed by atoms with Gasteiger partial charge < -0.3 is 5.73 Å². The summed E-state index contributed by atoms with van der Waals surface area (Å²) < 4.78 is 25.5. The average Bonchev–Trinajstić information content (AvgIpc) is 2.20. The molecule has 2 atom stereocenters. The fourth-order valence-corrected chi connectivity index (χ4v) is 1.30. The zero-order valence-corrected chi connectivity index (χ0v) is 8.43. The minimum Gasteiger partial charge on any atom is -0.324 e. The Balaban J connectivity index is 2.91. The highest BCUT2D eigenvalue weighted by atomic mass is 19.2. The second-order valence-corrected chi connectivity index (χ2v) is 3.58. The van der Waals surface area contributed by atoms with Crippen molar-refractivity contribution in [2.24, 2.45) is 11.7 Å². The smallest absolute Gasteiger partial charge is 0.159 e. The maximum absolute atomic E-state index is 12.9. The molecule has 0 aromatic heterocycles. The Morgan fingerprint density at radius 1 is 1.29 bits per heavy atom. The van der Waals surface area contributed by atoms with Gasteiger partial charge in [-0.1, -0.05) is 26.3 Å². The Morgan fingerprint density at radius 2 is 1.93 bits per heavy atom. The largest absolute Gasteiger partial charge is 0.324 e. The predicted molar refractivity (Wildman–Crippen MR) is 52.7 cm³/mol. The third-order valence-corrected chi connectivity index (χ3v) is 2.59. The zero-order chi connectivity index (χ0) is 10.7. The summed E-state index contributed by atoms with van der Waals surface area (Å²) in [6, 6.07) is 3.60. The van der Waals surface area contributed by atoms with Crippen LogP contribution in [-0.2, 0) is 0 Å². The van der Waals surface area contributed by atoms with Crippen molar-refractivity contribution in [3.63, 3.8) is 0 Å². The molecule has 78 valence electrons. The van der Waals surface area contributed by atoms with Gasteiger partial charge in [-0.05, 0) is 23.6 Å². The molecular formula is C11H15F2N. The Hall–Kier alpha value is -0.960. The van der Waals surface area contributed by atoms with Crippen LogP contribution in [0.1, 0.15) is 31.9 Å². The van der Waals surface area contributed by atoms with Crippen molar-refractivity contribution in [3.8, 4) is 0 Å². The average molecular weight is 199 g/mol. The molecular weight excluding hydrogens is 184 g/mol. The Morgan fingerprint density at radius 3 is 2.43 bits per heavy atom. The van der Waals surface area contributed by atoms with E-state index in [9.17, 15) is 8.78 Å². The summed E-state index contributed by atoms with van der Waals surface area (Å²) >= 11 is 0. The fourth-order valence-electron chi connectivity index (χ4n) is 1.30. The highest BCUT2D eigenvalue weighted by Crippen LogP contribution is 2.22. The minimum absolute atomic E-state index is 0.227. The van der Waals surface area contributed by atoms with E-state index in [0.29, 0.717) is 5.56 Å². The molecule has 0 spiro atoms. The van der Waals surface area contributed by atoms with Gasteiger partial charge in [0.25, 0.3) is 0 Å². The van der Waals surface area contributed by atoms with E-state index in [0.717, 1.165) is 12.5 Å². The Labute approximate surface area is 82.9 Å². The van der Waals surface area contributed by atoms with Crippen LogP contribution in [0.15, 0.2) is 18.2 Å². The molecule has 0 saturated heterocycles. The Bertz CT molecular complexity index is 312. The van der Waals surface area contributed by atoms with E-state index < -0.39 is 11.6 Å². The lowest BCUT2D eigenvalue weighted by molar-refractivity contribution is 0.450. The molecule has 0 fully saturated rings. The van der Waals surface area contributed by atoms with Gasteiger partial charge in [0.05, 0.1) is 0 Å². The molecule has 0 radical (unpaired) electrons. The van der Waals surface area contributed by atoms with Crippen molar-refractivity contribution in [1.29, 1.82) is 0 Å². The third kappa shape index (κ3) is 2.29. The van der Waals surface area contributed by atoms with Gasteiger partial charge in [0, 0.05) is 6.04 Å². The molecule has 1 nitrogen and oxygen atoms in total. The topological polar surface area (TPSA) is 26.0 Å². The molecule has 0 bridgehead atoms. The van der Waals surface area contributed by atoms with Gasteiger partial charge in [0.15, 0.2) is 11.6 Å². The number of hydrogen-bond donors (Lipinski definition) is 1. The molecule has 0 heterocycles. The number of rotatable bonds is 3. The van der Waals surface area contributed by atoms with Gasteiger partial charge in [-0.3, -0.25) is 0 Å². The van der Waals surface area contributed by atoms with Crippen molar-refractivity contribution in [2.45, 2.75) is 26.3 Å². The first-order valence-electron chi connectivity index (χ1n) is 4.76. The van der Waals surface area contributed by atoms with Crippen LogP contribution < -0.4 is 5.73 Å². The van der Waals surface area contributed by atoms with Gasteiger partial charge in [-0.15, -0.1) is 0 Å². The van der Waals surface area contributed by atoms with Crippen LogP contribution in [0.2, 0.25) is 0 Å². The van der Waals surface area contributed by atoms with Gasteiger partial charge in [0.2, 0.25) is 0 Å². The zero-order valence-electron chi connectivity index (χ0n) is 8.43. The van der Waals surface area contributed by atoms with Gasteiger partial charge >= 0.3 is 0 Å². The molecule has 0 aliphatic carbocycles. The van der Waals surface area contributed by atoms with Crippen LogP contribution >= 0.6 is 0 Å². The summed E-state index contributed by atoms with van der Waals surface area (Å²) in [6.07, 6.45) is 0.917. The minimum atomic E-state index is -0.832. The van der Waals surface area contributed by atoms with Crippen LogP contribution in [-0.4, -0.2) is 0 Å². The SMILES string of the molecule is CCC(C)C(N)c1ccc(F)c(F)c1. The number of halogens is 2. The second-order valence-electron chi connectivity index (χ2n) is 3.58. The van der Waals surface area contributed by atoms with Crippen molar-refractivity contribution in [2.75, 3.05) is 0 Å². The molecule has 2 unspecified atom stereocenters. The number of nitrogens with two attached hydrogens (primary N) is 1. The lowest BCUT2D eigenvalue weighted by Gasteiger charge is -2.18. The van der Waals surface area contributed by atoms with E-state index in [1.165, 1.54) is 12.1 Å². The molecule has 2 N–H and O–H groups in total.